The molecule has 3 heterocycles. The number of aryl methyl sites for hydroxylation is 1. The van der Waals surface area contributed by atoms with Crippen molar-refractivity contribution in [3.05, 3.63) is 76.2 Å². The lowest BCUT2D eigenvalue weighted by atomic mass is 10.1. The molecule has 0 saturated carbocycles. The fourth-order valence-corrected chi connectivity index (χ4v) is 4.93. The summed E-state index contributed by atoms with van der Waals surface area (Å²) in [6, 6.07) is 15.0. The molecule has 172 valence electrons. The third kappa shape index (κ3) is 3.84. The summed E-state index contributed by atoms with van der Waals surface area (Å²) in [6.07, 6.45) is 0.562. The lowest BCUT2D eigenvalue weighted by molar-refractivity contribution is -0.128. The number of benzene rings is 2. The van der Waals surface area contributed by atoms with Crippen LogP contribution in [-0.2, 0) is 16.1 Å². The minimum absolute atomic E-state index is 0.0486. The Hall–Kier alpha value is -3.98. The van der Waals surface area contributed by atoms with Crippen LogP contribution in [0, 0.1) is 6.92 Å². The summed E-state index contributed by atoms with van der Waals surface area (Å²) >= 11 is 1.40. The molecule has 1 atom stereocenters. The number of aromatic nitrogens is 2. The van der Waals surface area contributed by atoms with Gasteiger partial charge >= 0.3 is 0 Å². The molecule has 0 unspecified atom stereocenters. The number of rotatable bonds is 4. The summed E-state index contributed by atoms with van der Waals surface area (Å²) in [5.41, 5.74) is 3.14. The minimum Gasteiger partial charge on any atom is -0.477 e. The fraction of sp³-hybridized carbons (Fsp3) is 0.200. The first kappa shape index (κ1) is 21.8. The molecule has 0 spiro atoms. The first-order valence-corrected chi connectivity index (χ1v) is 11.7. The third-order valence-corrected chi connectivity index (χ3v) is 6.73. The van der Waals surface area contributed by atoms with Crippen molar-refractivity contribution in [1.29, 1.82) is 0 Å². The maximum absolute atomic E-state index is 13.4. The van der Waals surface area contributed by atoms with E-state index >= 15 is 0 Å². The van der Waals surface area contributed by atoms with Gasteiger partial charge in [0.2, 0.25) is 5.91 Å². The monoisotopic (exact) mass is 474 g/mol. The maximum Gasteiger partial charge on any atom is 0.263 e. The van der Waals surface area contributed by atoms with Crippen molar-refractivity contribution in [2.45, 2.75) is 19.6 Å². The van der Waals surface area contributed by atoms with Crippen LogP contribution >= 0.6 is 11.3 Å². The Morgan fingerprint density at radius 2 is 1.94 bits per heavy atom. The molecular formula is C25H22N4O4S. The smallest absolute Gasteiger partial charge is 0.263 e. The Labute approximate surface area is 199 Å². The predicted octanol–water partition coefficient (Wildman–Crippen LogP) is 2.97. The van der Waals surface area contributed by atoms with Crippen LogP contribution in [0.4, 0.5) is 5.69 Å². The van der Waals surface area contributed by atoms with Gasteiger partial charge in [-0.25, -0.2) is 4.98 Å². The van der Waals surface area contributed by atoms with Crippen LogP contribution in [0.15, 0.2) is 65.0 Å². The van der Waals surface area contributed by atoms with Crippen molar-refractivity contribution in [2.75, 3.05) is 18.5 Å². The number of anilines is 1. The van der Waals surface area contributed by atoms with Gasteiger partial charge in [-0.1, -0.05) is 42.0 Å². The SMILES string of the molecule is CNC(=O)[C@@H]1CN(C(=O)Cn2cnc3scc(-c4ccc(C)cc4)c3c2=O)c2ccccc2O1. The zero-order valence-corrected chi connectivity index (χ0v) is 19.5. The minimum atomic E-state index is -0.841. The van der Waals surface area contributed by atoms with E-state index in [1.807, 2.05) is 36.6 Å². The van der Waals surface area contributed by atoms with E-state index in [4.69, 9.17) is 4.74 Å². The van der Waals surface area contributed by atoms with Crippen LogP contribution in [0.3, 0.4) is 0 Å². The van der Waals surface area contributed by atoms with Crippen molar-refractivity contribution in [3.63, 3.8) is 0 Å². The molecule has 1 aliphatic heterocycles. The number of nitrogens with zero attached hydrogens (tertiary/aromatic N) is 3. The highest BCUT2D eigenvalue weighted by Crippen LogP contribution is 2.34. The number of hydrogen-bond acceptors (Lipinski definition) is 6. The summed E-state index contributed by atoms with van der Waals surface area (Å²) < 4.78 is 7.10. The summed E-state index contributed by atoms with van der Waals surface area (Å²) in [4.78, 5) is 45.5. The van der Waals surface area contributed by atoms with E-state index in [1.54, 1.807) is 24.3 Å². The Kier molecular flexibility index (Phi) is 5.62. The molecule has 2 aromatic heterocycles. The summed E-state index contributed by atoms with van der Waals surface area (Å²) in [7, 11) is 1.52. The number of amides is 2. The molecule has 4 aromatic rings. The highest BCUT2D eigenvalue weighted by Gasteiger charge is 2.33. The molecular weight excluding hydrogens is 452 g/mol. The van der Waals surface area contributed by atoms with Crippen LogP contribution in [-0.4, -0.2) is 41.1 Å². The van der Waals surface area contributed by atoms with Gasteiger partial charge in [0.05, 0.1) is 23.9 Å². The molecule has 5 rings (SSSR count). The first-order valence-electron chi connectivity index (χ1n) is 10.8. The number of para-hydroxylation sites is 2. The maximum atomic E-state index is 13.4. The van der Waals surface area contributed by atoms with E-state index in [0.717, 1.165) is 16.7 Å². The molecule has 0 saturated heterocycles. The second kappa shape index (κ2) is 8.75. The van der Waals surface area contributed by atoms with Gasteiger partial charge in [-0.3, -0.25) is 19.0 Å². The molecule has 1 aliphatic rings. The van der Waals surface area contributed by atoms with E-state index in [2.05, 4.69) is 10.3 Å². The zero-order valence-electron chi connectivity index (χ0n) is 18.6. The molecule has 0 fully saturated rings. The zero-order chi connectivity index (χ0) is 23.8. The number of carbonyl (C=O) groups excluding carboxylic acids is 2. The van der Waals surface area contributed by atoms with Gasteiger partial charge in [-0.05, 0) is 24.6 Å². The molecule has 34 heavy (non-hydrogen) atoms. The summed E-state index contributed by atoms with van der Waals surface area (Å²) in [6.45, 7) is 1.85. The highest BCUT2D eigenvalue weighted by molar-refractivity contribution is 7.17. The topological polar surface area (TPSA) is 93.5 Å². The lowest BCUT2D eigenvalue weighted by Gasteiger charge is -2.34. The van der Waals surface area contributed by atoms with Crippen LogP contribution in [0.5, 0.6) is 5.75 Å². The molecule has 1 N–H and O–H groups in total. The second-order valence-corrected chi connectivity index (χ2v) is 8.92. The third-order valence-electron chi connectivity index (χ3n) is 5.84. The van der Waals surface area contributed by atoms with Gasteiger partial charge in [-0.2, -0.15) is 0 Å². The van der Waals surface area contributed by atoms with E-state index in [9.17, 15) is 14.4 Å². The number of nitrogens with one attached hydrogen (secondary N) is 1. The number of thiophene rings is 1. The Balaban J connectivity index is 1.49. The van der Waals surface area contributed by atoms with Gasteiger partial charge in [-0.15, -0.1) is 11.3 Å². The van der Waals surface area contributed by atoms with Gasteiger partial charge < -0.3 is 15.0 Å². The van der Waals surface area contributed by atoms with Crippen LogP contribution < -0.4 is 20.5 Å². The van der Waals surface area contributed by atoms with Crippen molar-refractivity contribution in [2.24, 2.45) is 0 Å². The molecule has 2 aromatic carbocycles. The highest BCUT2D eigenvalue weighted by atomic mass is 32.1. The lowest BCUT2D eigenvalue weighted by Crippen LogP contribution is -2.51. The van der Waals surface area contributed by atoms with Crippen LogP contribution in [0.1, 0.15) is 5.56 Å². The first-order chi connectivity index (χ1) is 16.5. The van der Waals surface area contributed by atoms with Gasteiger partial charge in [0.25, 0.3) is 11.5 Å². The Morgan fingerprint density at radius 1 is 1.18 bits per heavy atom. The second-order valence-electron chi connectivity index (χ2n) is 8.07. The summed E-state index contributed by atoms with van der Waals surface area (Å²) in [5, 5.41) is 4.97. The Morgan fingerprint density at radius 3 is 2.71 bits per heavy atom. The average Bonchev–Trinajstić information content (AvgIpc) is 3.30. The van der Waals surface area contributed by atoms with Gasteiger partial charge in [0.15, 0.2) is 6.10 Å². The molecule has 0 bridgehead atoms. The molecule has 8 nitrogen and oxygen atoms in total. The number of fused-ring (bicyclic) bond motifs is 2. The van der Waals surface area contributed by atoms with E-state index < -0.39 is 6.10 Å². The van der Waals surface area contributed by atoms with E-state index in [0.29, 0.717) is 21.7 Å². The number of hydrogen-bond donors (Lipinski definition) is 1. The number of ether oxygens (including phenoxy) is 1. The largest absolute Gasteiger partial charge is 0.477 e. The standard InChI is InChI=1S/C25H22N4O4S/c1-15-7-9-16(10-8-15)17-13-34-24-22(17)25(32)28(14-27-24)12-21(30)29-11-20(23(31)26-2)33-19-6-4-3-5-18(19)29/h3-10,13-14,20H,11-12H2,1-2H3,(H,26,31)/t20-/m0/s1. The van der Waals surface area contributed by atoms with E-state index in [-0.39, 0.29) is 30.5 Å². The van der Waals surface area contributed by atoms with Crippen molar-refractivity contribution >= 4 is 39.1 Å². The van der Waals surface area contributed by atoms with Gasteiger partial charge in [0.1, 0.15) is 17.1 Å². The fourth-order valence-electron chi connectivity index (χ4n) is 4.02. The quantitative estimate of drug-likeness (QED) is 0.491. The molecule has 2 amide bonds. The summed E-state index contributed by atoms with van der Waals surface area (Å²) in [5.74, 6) is -0.218. The Bertz CT molecular complexity index is 1460. The predicted molar refractivity (Wildman–Crippen MR) is 131 cm³/mol. The number of carbonyl (C=O) groups is 2. The van der Waals surface area contributed by atoms with Crippen LogP contribution in [0.25, 0.3) is 21.3 Å². The molecule has 9 heteroatoms. The van der Waals surface area contributed by atoms with Crippen molar-refractivity contribution in [3.8, 4) is 16.9 Å². The average molecular weight is 475 g/mol. The van der Waals surface area contributed by atoms with Crippen LogP contribution in [0.2, 0.25) is 0 Å². The normalized spacial score (nSPS) is 15.0. The molecule has 0 radical (unpaired) electrons. The van der Waals surface area contributed by atoms with E-state index in [1.165, 1.54) is 34.2 Å². The van der Waals surface area contributed by atoms with Crippen molar-refractivity contribution < 1.29 is 14.3 Å². The van der Waals surface area contributed by atoms with Gasteiger partial charge in [0, 0.05) is 18.0 Å². The molecule has 0 aliphatic carbocycles. The number of likely N-dealkylation sites (N-methyl/N-ethyl adjacent to an activating group) is 1. The van der Waals surface area contributed by atoms with Crippen molar-refractivity contribution in [1.82, 2.24) is 14.9 Å².